The summed E-state index contributed by atoms with van der Waals surface area (Å²) in [5.74, 6) is 1.32. The number of carbonyl (C=O) groups excluding carboxylic acids is 1. The fraction of sp³-hybridized carbons (Fsp3) is 0.316. The maximum atomic E-state index is 11.8. The summed E-state index contributed by atoms with van der Waals surface area (Å²) in [6, 6.07) is 16.3. The highest BCUT2D eigenvalue weighted by atomic mass is 35.5. The molecule has 2 aromatic carbocycles. The lowest BCUT2D eigenvalue weighted by atomic mass is 10.1. The Bertz CT molecular complexity index is 645. The average molecular weight is 348 g/mol. The van der Waals surface area contributed by atoms with E-state index in [1.165, 1.54) is 11.1 Å². The zero-order valence-electron chi connectivity index (χ0n) is 13.3. The molecule has 1 N–H and O–H groups in total. The average Bonchev–Trinajstić information content (AvgIpc) is 2.53. The second-order valence-corrected chi connectivity index (χ2v) is 6.92. The van der Waals surface area contributed by atoms with Crippen LogP contribution < -0.4 is 5.32 Å². The van der Waals surface area contributed by atoms with E-state index in [0.29, 0.717) is 5.75 Å². The molecule has 0 unspecified atom stereocenters. The molecule has 0 saturated heterocycles. The van der Waals surface area contributed by atoms with Gasteiger partial charge in [-0.3, -0.25) is 4.79 Å². The molecular formula is C19H22ClNOS. The number of aryl methyl sites for hydroxylation is 2. The lowest BCUT2D eigenvalue weighted by Crippen LogP contribution is -2.26. The third-order valence-electron chi connectivity index (χ3n) is 3.50. The van der Waals surface area contributed by atoms with Crippen LogP contribution in [0.1, 0.15) is 23.1 Å². The molecule has 23 heavy (non-hydrogen) atoms. The fourth-order valence-electron chi connectivity index (χ4n) is 2.31. The van der Waals surface area contributed by atoms with E-state index in [-0.39, 0.29) is 5.91 Å². The van der Waals surface area contributed by atoms with Gasteiger partial charge in [0.15, 0.2) is 0 Å². The Hall–Kier alpha value is -1.45. The predicted octanol–water partition coefficient (Wildman–Crippen LogP) is 4.63. The maximum absolute atomic E-state index is 11.8. The minimum absolute atomic E-state index is 0.0892. The highest BCUT2D eigenvalue weighted by Crippen LogP contribution is 2.20. The summed E-state index contributed by atoms with van der Waals surface area (Å²) in [5, 5.41) is 3.74. The highest BCUT2D eigenvalue weighted by molar-refractivity contribution is 7.99. The van der Waals surface area contributed by atoms with Gasteiger partial charge in [-0.05, 0) is 37.0 Å². The molecule has 0 fully saturated rings. The molecule has 0 aliphatic rings. The van der Waals surface area contributed by atoms with Crippen molar-refractivity contribution in [2.45, 2.75) is 25.5 Å². The number of hydrogen-bond acceptors (Lipinski definition) is 2. The Kier molecular flexibility index (Phi) is 7.50. The van der Waals surface area contributed by atoms with Gasteiger partial charge < -0.3 is 5.32 Å². The van der Waals surface area contributed by atoms with Gasteiger partial charge in [0.2, 0.25) is 5.91 Å². The summed E-state index contributed by atoms with van der Waals surface area (Å²) in [7, 11) is 0. The molecule has 0 saturated carbocycles. The van der Waals surface area contributed by atoms with Crippen LogP contribution in [-0.4, -0.2) is 18.2 Å². The van der Waals surface area contributed by atoms with Gasteiger partial charge in [0.25, 0.3) is 0 Å². The van der Waals surface area contributed by atoms with E-state index in [9.17, 15) is 4.79 Å². The zero-order valence-corrected chi connectivity index (χ0v) is 14.9. The zero-order chi connectivity index (χ0) is 16.5. The van der Waals surface area contributed by atoms with Crippen molar-refractivity contribution in [2.75, 3.05) is 12.3 Å². The quantitative estimate of drug-likeness (QED) is 0.705. The van der Waals surface area contributed by atoms with Crippen LogP contribution in [0.25, 0.3) is 0 Å². The summed E-state index contributed by atoms with van der Waals surface area (Å²) >= 11 is 7.69. The van der Waals surface area contributed by atoms with Gasteiger partial charge in [-0.1, -0.05) is 59.6 Å². The van der Waals surface area contributed by atoms with Crippen LogP contribution in [0.2, 0.25) is 5.02 Å². The van der Waals surface area contributed by atoms with Crippen LogP contribution in [0.5, 0.6) is 0 Å². The third kappa shape index (κ3) is 6.67. The first kappa shape index (κ1) is 17.9. The van der Waals surface area contributed by atoms with Crippen molar-refractivity contribution < 1.29 is 4.79 Å². The normalized spacial score (nSPS) is 10.5. The number of benzene rings is 2. The number of nitrogens with one attached hydrogen (secondary N) is 1. The van der Waals surface area contributed by atoms with Crippen LogP contribution in [-0.2, 0) is 17.0 Å². The Morgan fingerprint density at radius 1 is 1.17 bits per heavy atom. The standard InChI is InChI=1S/C19H22ClNOS/c1-15-6-4-7-16(12-15)8-5-11-21-19(22)14-23-13-17-9-2-3-10-18(17)20/h2-4,6-7,9-10,12H,5,8,11,13-14H2,1H3,(H,21,22). The SMILES string of the molecule is Cc1cccc(CCCNC(=O)CSCc2ccccc2Cl)c1. The largest absolute Gasteiger partial charge is 0.355 e. The van der Waals surface area contributed by atoms with Crippen LogP contribution in [0.15, 0.2) is 48.5 Å². The van der Waals surface area contributed by atoms with E-state index in [0.717, 1.165) is 35.7 Å². The van der Waals surface area contributed by atoms with Gasteiger partial charge in [0.05, 0.1) is 5.75 Å². The molecule has 1 amide bonds. The lowest BCUT2D eigenvalue weighted by molar-refractivity contribution is -0.118. The van der Waals surface area contributed by atoms with Crippen molar-refractivity contribution in [3.05, 3.63) is 70.2 Å². The molecule has 0 aliphatic carbocycles. The van der Waals surface area contributed by atoms with Gasteiger partial charge in [-0.15, -0.1) is 11.8 Å². The Morgan fingerprint density at radius 3 is 2.78 bits per heavy atom. The summed E-state index contributed by atoms with van der Waals surface area (Å²) in [6.07, 6.45) is 1.96. The molecule has 4 heteroatoms. The van der Waals surface area contributed by atoms with Gasteiger partial charge in [0.1, 0.15) is 0 Å². The van der Waals surface area contributed by atoms with E-state index in [1.807, 2.05) is 24.3 Å². The first-order chi connectivity index (χ1) is 11.1. The van der Waals surface area contributed by atoms with Crippen molar-refractivity contribution in [3.63, 3.8) is 0 Å². The van der Waals surface area contributed by atoms with Crippen LogP contribution in [0.4, 0.5) is 0 Å². The minimum Gasteiger partial charge on any atom is -0.355 e. The molecule has 2 rings (SSSR count). The first-order valence-electron chi connectivity index (χ1n) is 7.78. The molecule has 0 aliphatic heterocycles. The Labute approximate surface area is 147 Å². The van der Waals surface area contributed by atoms with Crippen LogP contribution in [0.3, 0.4) is 0 Å². The van der Waals surface area contributed by atoms with Gasteiger partial charge in [-0.25, -0.2) is 0 Å². The lowest BCUT2D eigenvalue weighted by Gasteiger charge is -2.07. The first-order valence-corrected chi connectivity index (χ1v) is 9.32. The molecule has 0 radical (unpaired) electrons. The number of thioether (sulfide) groups is 1. The second kappa shape index (κ2) is 9.64. The molecule has 2 nitrogen and oxygen atoms in total. The summed E-state index contributed by atoms with van der Waals surface area (Å²) < 4.78 is 0. The van der Waals surface area contributed by atoms with E-state index in [4.69, 9.17) is 11.6 Å². The van der Waals surface area contributed by atoms with Crippen molar-refractivity contribution in [3.8, 4) is 0 Å². The van der Waals surface area contributed by atoms with E-state index in [2.05, 4.69) is 36.5 Å². The molecule has 0 aromatic heterocycles. The van der Waals surface area contributed by atoms with Gasteiger partial charge in [0, 0.05) is 17.3 Å². The molecular weight excluding hydrogens is 326 g/mol. The molecule has 0 bridgehead atoms. The fourth-order valence-corrected chi connectivity index (χ4v) is 3.45. The predicted molar refractivity (Wildman–Crippen MR) is 100 cm³/mol. The van der Waals surface area contributed by atoms with Crippen molar-refractivity contribution in [1.29, 1.82) is 0 Å². The topological polar surface area (TPSA) is 29.1 Å². The van der Waals surface area contributed by atoms with E-state index >= 15 is 0 Å². The van der Waals surface area contributed by atoms with E-state index in [1.54, 1.807) is 11.8 Å². The molecule has 0 atom stereocenters. The summed E-state index contributed by atoms with van der Waals surface area (Å²) in [5.41, 5.74) is 3.68. The van der Waals surface area contributed by atoms with Crippen molar-refractivity contribution in [2.24, 2.45) is 0 Å². The monoisotopic (exact) mass is 347 g/mol. The van der Waals surface area contributed by atoms with Crippen molar-refractivity contribution >= 4 is 29.3 Å². The maximum Gasteiger partial charge on any atom is 0.230 e. The van der Waals surface area contributed by atoms with Crippen LogP contribution in [0, 0.1) is 6.92 Å². The third-order valence-corrected chi connectivity index (χ3v) is 4.85. The summed E-state index contributed by atoms with van der Waals surface area (Å²) in [6.45, 7) is 2.82. The molecule has 0 spiro atoms. The smallest absolute Gasteiger partial charge is 0.230 e. The number of halogens is 1. The Balaban J connectivity index is 1.59. The van der Waals surface area contributed by atoms with Gasteiger partial charge >= 0.3 is 0 Å². The van der Waals surface area contributed by atoms with Crippen LogP contribution >= 0.6 is 23.4 Å². The van der Waals surface area contributed by atoms with Gasteiger partial charge in [-0.2, -0.15) is 0 Å². The molecule has 2 aromatic rings. The molecule has 0 heterocycles. The summed E-state index contributed by atoms with van der Waals surface area (Å²) in [4.78, 5) is 11.8. The number of carbonyl (C=O) groups is 1. The minimum atomic E-state index is 0.0892. The van der Waals surface area contributed by atoms with Crippen molar-refractivity contribution in [1.82, 2.24) is 5.32 Å². The Morgan fingerprint density at radius 2 is 2.00 bits per heavy atom. The highest BCUT2D eigenvalue weighted by Gasteiger charge is 2.03. The second-order valence-electron chi connectivity index (χ2n) is 5.53. The number of rotatable bonds is 8. The van der Waals surface area contributed by atoms with E-state index < -0.39 is 0 Å². The molecule has 122 valence electrons. The number of amides is 1. The number of hydrogen-bond donors (Lipinski definition) is 1.